The Morgan fingerprint density at radius 3 is 2.33 bits per heavy atom. The van der Waals surface area contributed by atoms with Crippen molar-refractivity contribution in [1.29, 1.82) is 0 Å². The molecular weight excluding hydrogens is 522 g/mol. The number of rotatable bonds is 7. The van der Waals surface area contributed by atoms with Crippen molar-refractivity contribution < 1.29 is 47.7 Å². The molecule has 2 aromatic heterocycles. The maximum absolute atomic E-state index is 13.2. The van der Waals surface area contributed by atoms with Crippen molar-refractivity contribution in [2.75, 3.05) is 6.61 Å². The van der Waals surface area contributed by atoms with Crippen LogP contribution in [0.25, 0.3) is 21.0 Å². The first-order valence-electron chi connectivity index (χ1n) is 8.61. The highest BCUT2D eigenvalue weighted by Crippen LogP contribution is 2.38. The number of hydrogen-bond donors (Lipinski definition) is 1. The average Bonchev–Trinajstić information content (AvgIpc) is 3.34. The predicted molar refractivity (Wildman–Crippen MR) is 106 cm³/mol. The molecule has 3 rings (SSSR count). The van der Waals surface area contributed by atoms with Gasteiger partial charge in [-0.15, -0.1) is 11.3 Å². The summed E-state index contributed by atoms with van der Waals surface area (Å²) in [6.45, 7) is -1.82. The van der Waals surface area contributed by atoms with Crippen LogP contribution < -0.4 is 0 Å². The normalized spacial score (nSPS) is 13.9. The maximum atomic E-state index is 13.2. The van der Waals surface area contributed by atoms with Crippen molar-refractivity contribution in [1.82, 2.24) is 9.78 Å². The minimum absolute atomic E-state index is 0.106. The fraction of sp³-hybridized carbons (Fsp3) is 0.235. The molecule has 0 aliphatic rings. The van der Waals surface area contributed by atoms with Gasteiger partial charge in [0.15, 0.2) is 16.8 Å². The first-order chi connectivity index (χ1) is 15.2. The highest BCUT2D eigenvalue weighted by atomic mass is 32.2. The number of halogens is 6. The molecule has 1 atom stereocenters. The number of nitrogens with zero attached hydrogens (tertiary/aromatic N) is 2. The Labute approximate surface area is 189 Å². The third kappa shape index (κ3) is 5.81. The Kier molecular flexibility index (Phi) is 7.05. The molecular formula is C17H12F6N2O5S3. The molecule has 16 heteroatoms. The van der Waals surface area contributed by atoms with Crippen LogP contribution in [0, 0.1) is 0 Å². The van der Waals surface area contributed by atoms with Crippen molar-refractivity contribution in [3.8, 4) is 21.0 Å². The van der Waals surface area contributed by atoms with Crippen LogP contribution in [0.4, 0.5) is 26.3 Å². The van der Waals surface area contributed by atoms with Crippen molar-refractivity contribution in [2.45, 2.75) is 23.1 Å². The Balaban J connectivity index is 1.92. The number of thiophene rings is 1. The number of alkyl halides is 6. The molecule has 1 aromatic carbocycles. The highest BCUT2D eigenvalue weighted by Gasteiger charge is 2.47. The van der Waals surface area contributed by atoms with E-state index in [0.717, 1.165) is 11.3 Å². The van der Waals surface area contributed by atoms with E-state index in [2.05, 4.69) is 9.28 Å². The van der Waals surface area contributed by atoms with E-state index in [1.165, 1.54) is 30.3 Å². The highest BCUT2D eigenvalue weighted by molar-refractivity contribution is 7.87. The standard InChI is InChI=1S/C17H12F6N2O5S3/c18-16(19,20)15-9-12(25(24-15)6-7-30-33(28,29)17(21,22)23)14-5-4-13(31-14)10-2-1-3-11(8-10)32(26)27/h1-5,8-9H,6-7H2,(H,26,27). The number of aromatic nitrogens is 2. The van der Waals surface area contributed by atoms with Gasteiger partial charge in [0.05, 0.1) is 28.6 Å². The molecule has 0 fully saturated rings. The zero-order valence-corrected chi connectivity index (χ0v) is 18.4. The molecule has 0 radical (unpaired) electrons. The molecule has 1 unspecified atom stereocenters. The van der Waals surface area contributed by atoms with Crippen LogP contribution in [-0.4, -0.2) is 39.1 Å². The first kappa shape index (κ1) is 25.4. The van der Waals surface area contributed by atoms with Crippen molar-refractivity contribution in [2.24, 2.45) is 0 Å². The van der Waals surface area contributed by atoms with Gasteiger partial charge >= 0.3 is 21.8 Å². The van der Waals surface area contributed by atoms with Crippen LogP contribution in [-0.2, 0) is 38.1 Å². The molecule has 0 spiro atoms. The SMILES string of the molecule is O=S(O)c1cccc(-c2ccc(-c3cc(C(F)(F)F)nn3CCOS(=O)(=O)C(F)(F)F)s2)c1. The second-order valence-corrected chi connectivity index (χ2v) is 9.96. The minimum Gasteiger partial charge on any atom is -0.302 e. The van der Waals surface area contributed by atoms with Crippen LogP contribution in [0.2, 0.25) is 0 Å². The summed E-state index contributed by atoms with van der Waals surface area (Å²) >= 11 is -1.25. The van der Waals surface area contributed by atoms with Crippen molar-refractivity contribution >= 4 is 32.5 Å². The monoisotopic (exact) mass is 534 g/mol. The van der Waals surface area contributed by atoms with E-state index in [-0.39, 0.29) is 15.5 Å². The van der Waals surface area contributed by atoms with Crippen LogP contribution in [0.5, 0.6) is 0 Å². The van der Waals surface area contributed by atoms with E-state index < -0.39 is 51.7 Å². The van der Waals surface area contributed by atoms with Crippen molar-refractivity contribution in [3.05, 3.63) is 48.2 Å². The molecule has 0 amide bonds. The quantitative estimate of drug-likeness (QED) is 0.204. The second-order valence-electron chi connectivity index (χ2n) is 6.30. The van der Waals surface area contributed by atoms with Crippen LogP contribution in [0.15, 0.2) is 47.4 Å². The Hall–Kier alpha value is -2.27. The van der Waals surface area contributed by atoms with Gasteiger partial charge < -0.3 is 4.55 Å². The summed E-state index contributed by atoms with van der Waals surface area (Å²) in [5.41, 5.74) is -6.63. The molecule has 0 saturated carbocycles. The van der Waals surface area contributed by atoms with Gasteiger partial charge in [-0.05, 0) is 35.9 Å². The summed E-state index contributed by atoms with van der Waals surface area (Å²) in [4.78, 5) is 0.867. The van der Waals surface area contributed by atoms with Gasteiger partial charge in [0.2, 0.25) is 0 Å². The van der Waals surface area contributed by atoms with Crippen LogP contribution in [0.3, 0.4) is 0 Å². The van der Waals surface area contributed by atoms with Crippen LogP contribution >= 0.6 is 11.3 Å². The van der Waals surface area contributed by atoms with Gasteiger partial charge in [0.25, 0.3) is 0 Å². The summed E-state index contributed by atoms with van der Waals surface area (Å²) in [5, 5.41) is 3.33. The zero-order valence-electron chi connectivity index (χ0n) is 15.9. The van der Waals surface area contributed by atoms with Gasteiger partial charge in [-0.25, -0.2) is 4.21 Å². The summed E-state index contributed by atoms with van der Waals surface area (Å²) in [5.74, 6) is 0. The fourth-order valence-corrected chi connectivity index (χ4v) is 4.49. The molecule has 2 heterocycles. The lowest BCUT2D eigenvalue weighted by Crippen LogP contribution is -2.27. The first-order valence-corrected chi connectivity index (χ1v) is 11.9. The Bertz CT molecular complexity index is 1280. The van der Waals surface area contributed by atoms with E-state index >= 15 is 0 Å². The summed E-state index contributed by atoms with van der Waals surface area (Å²) in [7, 11) is -5.92. The number of hydrogen-bond acceptors (Lipinski definition) is 6. The average molecular weight is 534 g/mol. The smallest absolute Gasteiger partial charge is 0.302 e. The van der Waals surface area contributed by atoms with Gasteiger partial charge in [0, 0.05) is 4.88 Å². The molecule has 0 bridgehead atoms. The molecule has 33 heavy (non-hydrogen) atoms. The van der Waals surface area contributed by atoms with E-state index in [4.69, 9.17) is 0 Å². The lowest BCUT2D eigenvalue weighted by Gasteiger charge is -2.09. The van der Waals surface area contributed by atoms with E-state index in [1.807, 2.05) is 0 Å². The lowest BCUT2D eigenvalue weighted by atomic mass is 10.2. The van der Waals surface area contributed by atoms with Gasteiger partial charge in [-0.2, -0.15) is 39.9 Å². The molecule has 0 saturated heterocycles. The molecule has 7 nitrogen and oxygen atoms in total. The van der Waals surface area contributed by atoms with E-state index in [1.54, 1.807) is 6.07 Å². The lowest BCUT2D eigenvalue weighted by molar-refractivity contribution is -0.141. The summed E-state index contributed by atoms with van der Waals surface area (Å²) in [6, 6.07) is 9.60. The molecule has 180 valence electrons. The number of benzene rings is 1. The third-order valence-electron chi connectivity index (χ3n) is 4.07. The maximum Gasteiger partial charge on any atom is 0.523 e. The Morgan fingerprint density at radius 2 is 1.73 bits per heavy atom. The Morgan fingerprint density at radius 1 is 1.06 bits per heavy atom. The van der Waals surface area contributed by atoms with Gasteiger partial charge in [-0.1, -0.05) is 12.1 Å². The molecule has 3 aromatic rings. The van der Waals surface area contributed by atoms with E-state index in [0.29, 0.717) is 21.2 Å². The predicted octanol–water partition coefficient (Wildman–Crippen LogP) is 4.74. The van der Waals surface area contributed by atoms with Gasteiger partial charge in [0.1, 0.15) is 0 Å². The van der Waals surface area contributed by atoms with E-state index in [9.17, 15) is 43.5 Å². The molecule has 0 aliphatic carbocycles. The van der Waals surface area contributed by atoms with Crippen molar-refractivity contribution in [3.63, 3.8) is 0 Å². The summed E-state index contributed by atoms with van der Waals surface area (Å²) < 4.78 is 124. The molecule has 1 N–H and O–H groups in total. The largest absolute Gasteiger partial charge is 0.523 e. The third-order valence-corrected chi connectivity index (χ3v) is 6.93. The fourth-order valence-electron chi connectivity index (χ4n) is 2.61. The topological polar surface area (TPSA) is 98.5 Å². The zero-order chi connectivity index (χ0) is 24.6. The second kappa shape index (κ2) is 9.17. The van der Waals surface area contributed by atoms with Crippen LogP contribution in [0.1, 0.15) is 5.69 Å². The summed E-state index contributed by atoms with van der Waals surface area (Å²) in [6.07, 6.45) is -4.86. The minimum atomic E-state index is -5.92. The van der Waals surface area contributed by atoms with Gasteiger partial charge in [-0.3, -0.25) is 8.86 Å². The molecule has 0 aliphatic heterocycles.